The molecule has 190 valence electrons. The zero-order valence-electron chi connectivity index (χ0n) is 19.8. The van der Waals surface area contributed by atoms with E-state index in [9.17, 15) is 14.4 Å². The van der Waals surface area contributed by atoms with E-state index in [0.29, 0.717) is 77.5 Å². The van der Waals surface area contributed by atoms with Gasteiger partial charge in [-0.15, -0.1) is 11.3 Å². The van der Waals surface area contributed by atoms with Crippen LogP contribution >= 0.6 is 11.3 Å². The number of hydrogen-bond acceptors (Lipinski definition) is 9. The van der Waals surface area contributed by atoms with Gasteiger partial charge in [0, 0.05) is 37.8 Å². The van der Waals surface area contributed by atoms with Gasteiger partial charge in [-0.3, -0.25) is 20.1 Å². The normalized spacial score (nSPS) is 24.2. The van der Waals surface area contributed by atoms with E-state index >= 15 is 0 Å². The van der Waals surface area contributed by atoms with Gasteiger partial charge in [0.1, 0.15) is 5.69 Å². The van der Waals surface area contributed by atoms with Crippen LogP contribution in [0.4, 0.5) is 10.5 Å². The molecule has 2 bridgehead atoms. The Labute approximate surface area is 215 Å². The third-order valence-corrected chi connectivity index (χ3v) is 8.65. The average Bonchev–Trinajstić information content (AvgIpc) is 3.73. The van der Waals surface area contributed by atoms with Crippen LogP contribution in [0.3, 0.4) is 0 Å². The molecule has 11 nitrogen and oxygen atoms in total. The standard InChI is InChI=1S/C25H25N7O4S/c33-22-18-14(2-1-3-15(18)28-24(35)31-32-6-8-36-9-7-32)20-19(22)21(30-29-20)16-4-5-17(37-16)23(34)25-10-13(11-27-25)26-12-25/h1-5,13,26-27H,6-12H2,(H,29,30)(H2,28,31,35)/t13-,25-/m0/s1. The summed E-state index contributed by atoms with van der Waals surface area (Å²) >= 11 is 1.36. The number of ketones is 2. The fourth-order valence-corrected chi connectivity index (χ4v) is 6.74. The molecule has 0 saturated carbocycles. The first-order valence-electron chi connectivity index (χ1n) is 12.3. The molecule has 0 spiro atoms. The number of anilines is 1. The monoisotopic (exact) mass is 519 g/mol. The summed E-state index contributed by atoms with van der Waals surface area (Å²) < 4.78 is 5.31. The number of carbonyl (C=O) groups is 3. The van der Waals surface area contributed by atoms with Crippen molar-refractivity contribution in [1.82, 2.24) is 31.3 Å². The summed E-state index contributed by atoms with van der Waals surface area (Å²) in [5, 5.41) is 18.9. The molecule has 7 rings (SSSR count). The van der Waals surface area contributed by atoms with Crippen molar-refractivity contribution in [3.05, 3.63) is 46.3 Å². The number of morpholine rings is 1. The van der Waals surface area contributed by atoms with Crippen molar-refractivity contribution >= 4 is 34.6 Å². The highest BCUT2D eigenvalue weighted by atomic mass is 32.1. The zero-order valence-corrected chi connectivity index (χ0v) is 20.7. The molecule has 12 heteroatoms. The van der Waals surface area contributed by atoms with Crippen molar-refractivity contribution < 1.29 is 19.1 Å². The van der Waals surface area contributed by atoms with E-state index in [4.69, 9.17) is 4.74 Å². The number of piperazine rings is 1. The third-order valence-electron chi connectivity index (χ3n) is 7.54. The minimum Gasteiger partial charge on any atom is -0.379 e. The molecule has 3 aromatic rings. The zero-order chi connectivity index (χ0) is 25.1. The Morgan fingerprint density at radius 3 is 2.78 bits per heavy atom. The SMILES string of the molecule is O=C(Nc1cccc2c1C(=O)c1c-2n[nH]c1-c1ccc(C(=O)[C@]23CN[C@H](CN2)C3)s1)NN1CCOCC1. The van der Waals surface area contributed by atoms with Crippen molar-refractivity contribution in [3.8, 4) is 21.8 Å². The summed E-state index contributed by atoms with van der Waals surface area (Å²) in [7, 11) is 0. The molecule has 2 atom stereocenters. The first kappa shape index (κ1) is 22.8. The largest absolute Gasteiger partial charge is 0.379 e. The molecular weight excluding hydrogens is 494 g/mol. The van der Waals surface area contributed by atoms with Crippen molar-refractivity contribution in [2.45, 2.75) is 18.0 Å². The van der Waals surface area contributed by atoms with E-state index in [1.54, 1.807) is 17.1 Å². The lowest BCUT2D eigenvalue weighted by molar-refractivity contribution is 0.0207. The highest BCUT2D eigenvalue weighted by Crippen LogP contribution is 2.44. The van der Waals surface area contributed by atoms with Gasteiger partial charge in [-0.25, -0.2) is 9.80 Å². The summed E-state index contributed by atoms with van der Waals surface area (Å²) in [6.07, 6.45) is 0.793. The Bertz CT molecular complexity index is 1430. The molecule has 1 aromatic carbocycles. The molecule has 3 saturated heterocycles. The number of H-pyrrole nitrogens is 1. The number of hydrogen-bond donors (Lipinski definition) is 5. The second kappa shape index (κ2) is 8.57. The van der Waals surface area contributed by atoms with Crippen LogP contribution < -0.4 is 21.4 Å². The van der Waals surface area contributed by atoms with Crippen molar-refractivity contribution in [2.24, 2.45) is 0 Å². The lowest BCUT2D eigenvalue weighted by Gasteiger charge is -2.27. The van der Waals surface area contributed by atoms with Gasteiger partial charge in [0.15, 0.2) is 11.6 Å². The number of Topliss-reactive ketones (excluding diaryl/α,β-unsaturated/α-hetero) is 1. The molecule has 0 radical (unpaired) electrons. The Kier molecular flexibility index (Phi) is 5.27. The van der Waals surface area contributed by atoms with Crippen LogP contribution in [-0.2, 0) is 4.74 Å². The molecule has 5 N–H and O–H groups in total. The van der Waals surface area contributed by atoms with E-state index in [1.807, 2.05) is 18.2 Å². The van der Waals surface area contributed by atoms with Crippen LogP contribution in [0.5, 0.6) is 0 Å². The Balaban J connectivity index is 1.15. The van der Waals surface area contributed by atoms with Crippen LogP contribution in [0, 0.1) is 0 Å². The molecule has 2 aromatic heterocycles. The van der Waals surface area contributed by atoms with Gasteiger partial charge in [0.2, 0.25) is 0 Å². The second-order valence-corrected chi connectivity index (χ2v) is 10.9. The highest BCUT2D eigenvalue weighted by molar-refractivity contribution is 7.17. The van der Waals surface area contributed by atoms with Gasteiger partial charge in [-0.2, -0.15) is 5.10 Å². The summed E-state index contributed by atoms with van der Waals surface area (Å²) in [4.78, 5) is 41.0. The maximum atomic E-state index is 13.6. The number of rotatable bonds is 5. The Morgan fingerprint density at radius 2 is 2.03 bits per heavy atom. The Hall–Kier alpha value is -3.42. The molecule has 3 aliphatic heterocycles. The smallest absolute Gasteiger partial charge is 0.333 e. The number of aromatic amines is 1. The molecule has 3 fully saturated rings. The maximum Gasteiger partial charge on any atom is 0.333 e. The number of hydrazine groups is 1. The van der Waals surface area contributed by atoms with Gasteiger partial charge in [-0.05, 0) is 24.6 Å². The van der Waals surface area contributed by atoms with E-state index in [0.717, 1.165) is 17.8 Å². The number of amides is 2. The first-order chi connectivity index (χ1) is 18.0. The van der Waals surface area contributed by atoms with Crippen LogP contribution in [0.2, 0.25) is 0 Å². The van der Waals surface area contributed by atoms with Gasteiger partial charge in [-0.1, -0.05) is 12.1 Å². The van der Waals surface area contributed by atoms with E-state index in [2.05, 4.69) is 31.6 Å². The number of fused-ring (bicyclic) bond motifs is 5. The second-order valence-electron chi connectivity index (χ2n) is 9.78. The average molecular weight is 520 g/mol. The molecule has 0 unspecified atom stereocenters. The number of benzene rings is 1. The summed E-state index contributed by atoms with van der Waals surface area (Å²) in [6.45, 7) is 3.72. The van der Waals surface area contributed by atoms with Crippen molar-refractivity contribution in [2.75, 3.05) is 44.7 Å². The number of aromatic nitrogens is 2. The number of carbonyl (C=O) groups excluding carboxylic acids is 3. The predicted octanol–water partition coefficient (Wildman–Crippen LogP) is 1.60. The van der Waals surface area contributed by atoms with Gasteiger partial charge in [0.05, 0.1) is 51.0 Å². The topological polar surface area (TPSA) is 140 Å². The van der Waals surface area contributed by atoms with E-state index in [1.165, 1.54) is 11.3 Å². The van der Waals surface area contributed by atoms with Crippen molar-refractivity contribution in [1.29, 1.82) is 0 Å². The Morgan fingerprint density at radius 1 is 1.16 bits per heavy atom. The minimum atomic E-state index is -0.545. The van der Waals surface area contributed by atoms with E-state index in [-0.39, 0.29) is 11.6 Å². The minimum absolute atomic E-state index is 0.0831. The van der Waals surface area contributed by atoms with Gasteiger partial charge < -0.3 is 20.7 Å². The van der Waals surface area contributed by atoms with Crippen LogP contribution in [-0.4, -0.2) is 83.8 Å². The van der Waals surface area contributed by atoms with Gasteiger partial charge >= 0.3 is 6.03 Å². The number of nitrogens with zero attached hydrogens (tertiary/aromatic N) is 2. The molecule has 1 aliphatic carbocycles. The quantitative estimate of drug-likeness (QED) is 0.251. The lowest BCUT2D eigenvalue weighted by atomic mass is 9.93. The predicted molar refractivity (Wildman–Crippen MR) is 137 cm³/mol. The highest BCUT2D eigenvalue weighted by Gasteiger charge is 2.50. The van der Waals surface area contributed by atoms with Crippen LogP contribution in [0.15, 0.2) is 30.3 Å². The number of nitrogens with one attached hydrogen (secondary N) is 5. The van der Waals surface area contributed by atoms with E-state index < -0.39 is 11.6 Å². The third kappa shape index (κ3) is 3.63. The van der Waals surface area contributed by atoms with Crippen LogP contribution in [0.1, 0.15) is 32.0 Å². The summed E-state index contributed by atoms with van der Waals surface area (Å²) in [6, 6.07) is 8.94. The molecule has 4 aliphatic rings. The molecule has 37 heavy (non-hydrogen) atoms. The molecule has 5 heterocycles. The van der Waals surface area contributed by atoms with Crippen LogP contribution in [0.25, 0.3) is 21.8 Å². The summed E-state index contributed by atoms with van der Waals surface area (Å²) in [5.74, 6) is -0.129. The molecular formula is C25H25N7O4S. The fraction of sp³-hybridized carbons (Fsp3) is 0.360. The fourth-order valence-electron chi connectivity index (χ4n) is 5.69. The number of ether oxygens (including phenoxy) is 1. The van der Waals surface area contributed by atoms with Crippen molar-refractivity contribution in [3.63, 3.8) is 0 Å². The number of thiophene rings is 1. The number of urea groups is 1. The first-order valence-corrected chi connectivity index (χ1v) is 13.1. The maximum absolute atomic E-state index is 13.6. The summed E-state index contributed by atoms with van der Waals surface area (Å²) in [5.41, 5.74) is 5.35. The molecule has 2 amide bonds. The lowest BCUT2D eigenvalue weighted by Crippen LogP contribution is -2.54. The van der Waals surface area contributed by atoms with Gasteiger partial charge in [0.25, 0.3) is 0 Å².